The third kappa shape index (κ3) is 2.82. The van der Waals surface area contributed by atoms with Gasteiger partial charge in [-0.2, -0.15) is 0 Å². The third-order valence-electron chi connectivity index (χ3n) is 2.10. The van der Waals surface area contributed by atoms with Crippen molar-refractivity contribution >= 4 is 17.5 Å². The van der Waals surface area contributed by atoms with Crippen LogP contribution >= 0.6 is 11.8 Å². The molecule has 1 heterocycles. The highest BCUT2D eigenvalue weighted by atomic mass is 32.2. The van der Waals surface area contributed by atoms with Crippen LogP contribution in [0.4, 0.5) is 0 Å². The van der Waals surface area contributed by atoms with Crippen molar-refractivity contribution in [3.05, 3.63) is 29.8 Å². The molecule has 6 nitrogen and oxygen atoms in total. The number of carbonyl (C=O) groups excluding carboxylic acids is 1. The van der Waals surface area contributed by atoms with E-state index in [1.165, 1.54) is 28.6 Å². The number of aromatic nitrogens is 4. The Labute approximate surface area is 102 Å². The van der Waals surface area contributed by atoms with E-state index in [4.69, 9.17) is 5.11 Å². The number of tetrazole rings is 1. The number of thioether (sulfide) groups is 1. The van der Waals surface area contributed by atoms with E-state index in [1.807, 2.05) is 0 Å². The maximum absolute atomic E-state index is 11.8. The van der Waals surface area contributed by atoms with Gasteiger partial charge >= 0.3 is 0 Å². The smallest absolute Gasteiger partial charge is 0.209 e. The molecule has 2 rings (SSSR count). The highest BCUT2D eigenvalue weighted by Crippen LogP contribution is 2.16. The van der Waals surface area contributed by atoms with Gasteiger partial charge in [0, 0.05) is 12.6 Å². The lowest BCUT2D eigenvalue weighted by atomic mass is 10.1. The molecule has 88 valence electrons. The van der Waals surface area contributed by atoms with Crippen LogP contribution in [-0.2, 0) is 7.05 Å². The van der Waals surface area contributed by atoms with E-state index in [-0.39, 0.29) is 17.3 Å². The number of ketones is 1. The monoisotopic (exact) mass is 250 g/mol. The molecule has 0 aliphatic heterocycles. The van der Waals surface area contributed by atoms with Gasteiger partial charge in [-0.15, -0.1) is 5.10 Å². The average molecular weight is 250 g/mol. The predicted molar refractivity (Wildman–Crippen MR) is 62.0 cm³/mol. The van der Waals surface area contributed by atoms with Crippen LogP contribution in [0.2, 0.25) is 0 Å². The average Bonchev–Trinajstić information content (AvgIpc) is 2.73. The molecular formula is C10H10N4O2S. The lowest BCUT2D eigenvalue weighted by molar-refractivity contribution is 0.102. The van der Waals surface area contributed by atoms with Crippen molar-refractivity contribution < 1.29 is 9.90 Å². The number of Topliss-reactive ketones (excluding diaryl/α,β-unsaturated/α-hetero) is 1. The fourth-order valence-corrected chi connectivity index (χ4v) is 1.95. The largest absolute Gasteiger partial charge is 0.508 e. The molecule has 2 aromatic rings. The number of phenols is 1. The van der Waals surface area contributed by atoms with Gasteiger partial charge in [-0.25, -0.2) is 4.68 Å². The molecule has 0 saturated carbocycles. The van der Waals surface area contributed by atoms with Crippen LogP contribution in [0, 0.1) is 0 Å². The second-order valence-corrected chi connectivity index (χ2v) is 4.29. The first-order chi connectivity index (χ1) is 8.16. The minimum absolute atomic E-state index is 0.0296. The van der Waals surface area contributed by atoms with Gasteiger partial charge in [-0.05, 0) is 34.7 Å². The summed E-state index contributed by atoms with van der Waals surface area (Å²) in [6.07, 6.45) is 0. The molecular weight excluding hydrogens is 240 g/mol. The van der Waals surface area contributed by atoms with Gasteiger partial charge in [-0.1, -0.05) is 11.8 Å². The third-order valence-corrected chi connectivity index (χ3v) is 3.11. The Morgan fingerprint density at radius 3 is 2.71 bits per heavy atom. The zero-order chi connectivity index (χ0) is 12.3. The number of benzene rings is 1. The zero-order valence-corrected chi connectivity index (χ0v) is 9.89. The van der Waals surface area contributed by atoms with E-state index in [2.05, 4.69) is 15.5 Å². The first kappa shape index (κ1) is 11.6. The zero-order valence-electron chi connectivity index (χ0n) is 9.07. The molecule has 7 heteroatoms. The molecule has 0 amide bonds. The van der Waals surface area contributed by atoms with E-state index >= 15 is 0 Å². The lowest BCUT2D eigenvalue weighted by Gasteiger charge is -2.00. The van der Waals surface area contributed by atoms with Crippen LogP contribution in [0.3, 0.4) is 0 Å². The summed E-state index contributed by atoms with van der Waals surface area (Å²) in [7, 11) is 1.72. The standard InChI is InChI=1S/C10H10N4O2S/c1-14-10(11-12-13-14)17-6-9(16)7-2-4-8(15)5-3-7/h2-5,15H,6H2,1H3. The first-order valence-electron chi connectivity index (χ1n) is 4.84. The number of hydrogen-bond donors (Lipinski definition) is 1. The highest BCUT2D eigenvalue weighted by molar-refractivity contribution is 7.99. The molecule has 0 radical (unpaired) electrons. The summed E-state index contributed by atoms with van der Waals surface area (Å²) in [5.74, 6) is 0.378. The Morgan fingerprint density at radius 2 is 2.12 bits per heavy atom. The summed E-state index contributed by atoms with van der Waals surface area (Å²) < 4.78 is 1.51. The van der Waals surface area contributed by atoms with Gasteiger partial charge in [0.05, 0.1) is 5.75 Å². The van der Waals surface area contributed by atoms with Crippen molar-refractivity contribution in [2.45, 2.75) is 5.16 Å². The number of aromatic hydroxyl groups is 1. The molecule has 1 aromatic carbocycles. The van der Waals surface area contributed by atoms with Crippen LogP contribution in [0.5, 0.6) is 5.75 Å². The minimum Gasteiger partial charge on any atom is -0.508 e. The van der Waals surface area contributed by atoms with Crippen molar-refractivity contribution in [3.8, 4) is 5.75 Å². The highest BCUT2D eigenvalue weighted by Gasteiger charge is 2.09. The molecule has 0 saturated heterocycles. The second kappa shape index (κ2) is 4.96. The van der Waals surface area contributed by atoms with E-state index in [1.54, 1.807) is 19.2 Å². The fourth-order valence-electron chi connectivity index (χ4n) is 1.20. The maximum Gasteiger partial charge on any atom is 0.209 e. The molecule has 0 aliphatic carbocycles. The number of nitrogens with zero attached hydrogens (tertiary/aromatic N) is 4. The molecule has 0 atom stereocenters. The van der Waals surface area contributed by atoms with E-state index < -0.39 is 0 Å². The lowest BCUT2D eigenvalue weighted by Crippen LogP contribution is -2.03. The molecule has 0 spiro atoms. The molecule has 1 N–H and O–H groups in total. The molecule has 0 bridgehead atoms. The Bertz CT molecular complexity index is 523. The molecule has 0 unspecified atom stereocenters. The van der Waals surface area contributed by atoms with Crippen molar-refractivity contribution in [1.82, 2.24) is 20.2 Å². The summed E-state index contributed by atoms with van der Waals surface area (Å²) in [4.78, 5) is 11.8. The Kier molecular flexibility index (Phi) is 3.38. The first-order valence-corrected chi connectivity index (χ1v) is 5.83. The van der Waals surface area contributed by atoms with Gasteiger partial charge in [0.15, 0.2) is 5.78 Å². The minimum atomic E-state index is -0.0296. The van der Waals surface area contributed by atoms with Crippen LogP contribution in [-0.4, -0.2) is 36.8 Å². The second-order valence-electron chi connectivity index (χ2n) is 3.34. The molecule has 1 aromatic heterocycles. The SMILES string of the molecule is Cn1nnnc1SCC(=O)c1ccc(O)cc1. The summed E-state index contributed by atoms with van der Waals surface area (Å²) in [6, 6.07) is 6.16. The van der Waals surface area contributed by atoms with Crippen LogP contribution in [0.25, 0.3) is 0 Å². The van der Waals surface area contributed by atoms with Gasteiger partial charge in [0.1, 0.15) is 5.75 Å². The summed E-state index contributed by atoms with van der Waals surface area (Å²) in [5, 5.41) is 20.6. The van der Waals surface area contributed by atoms with Crippen LogP contribution < -0.4 is 0 Å². The Balaban J connectivity index is 1.98. The van der Waals surface area contributed by atoms with E-state index in [0.717, 1.165) is 0 Å². The quantitative estimate of drug-likeness (QED) is 0.641. The number of hydrogen-bond acceptors (Lipinski definition) is 6. The van der Waals surface area contributed by atoms with Crippen molar-refractivity contribution in [3.63, 3.8) is 0 Å². The normalized spacial score (nSPS) is 10.4. The van der Waals surface area contributed by atoms with Crippen LogP contribution in [0.1, 0.15) is 10.4 Å². The Hall–Kier alpha value is -1.89. The summed E-state index contributed by atoms with van der Waals surface area (Å²) in [6.45, 7) is 0. The number of carbonyl (C=O) groups is 1. The van der Waals surface area contributed by atoms with Gasteiger partial charge < -0.3 is 5.11 Å². The van der Waals surface area contributed by atoms with Gasteiger partial charge in [0.2, 0.25) is 5.16 Å². The molecule has 0 aliphatic rings. The summed E-state index contributed by atoms with van der Waals surface area (Å²) >= 11 is 1.28. The van der Waals surface area contributed by atoms with Crippen molar-refractivity contribution in [1.29, 1.82) is 0 Å². The molecule has 0 fully saturated rings. The Morgan fingerprint density at radius 1 is 1.41 bits per heavy atom. The topological polar surface area (TPSA) is 80.9 Å². The predicted octanol–water partition coefficient (Wildman–Crippen LogP) is 0.891. The van der Waals surface area contributed by atoms with Crippen LogP contribution in [0.15, 0.2) is 29.4 Å². The number of aryl methyl sites for hydroxylation is 1. The van der Waals surface area contributed by atoms with E-state index in [9.17, 15) is 4.79 Å². The van der Waals surface area contributed by atoms with Gasteiger partial charge in [0.25, 0.3) is 0 Å². The number of rotatable bonds is 4. The van der Waals surface area contributed by atoms with Gasteiger partial charge in [-0.3, -0.25) is 4.79 Å². The van der Waals surface area contributed by atoms with Crippen molar-refractivity contribution in [2.24, 2.45) is 7.05 Å². The van der Waals surface area contributed by atoms with E-state index in [0.29, 0.717) is 10.7 Å². The maximum atomic E-state index is 11.8. The summed E-state index contributed by atoms with van der Waals surface area (Å²) in [5.41, 5.74) is 0.561. The number of phenolic OH excluding ortho intramolecular Hbond substituents is 1. The molecule has 17 heavy (non-hydrogen) atoms. The fraction of sp³-hybridized carbons (Fsp3) is 0.200. The van der Waals surface area contributed by atoms with Crippen molar-refractivity contribution in [2.75, 3.05) is 5.75 Å².